The first-order chi connectivity index (χ1) is 13.4. The van der Waals surface area contributed by atoms with Crippen molar-refractivity contribution in [2.45, 2.75) is 64.7 Å². The Kier molecular flexibility index (Phi) is 6.44. The molecule has 2 aliphatic rings. The molecule has 0 aromatic heterocycles. The SMILES string of the molecule is CCN(CC(=O)Nc1ccc2c(c1)OC1(CCCCC1)O2)CC(=O)NC(C)C. The highest BCUT2D eigenvalue weighted by molar-refractivity contribution is 5.93. The Morgan fingerprint density at radius 2 is 1.75 bits per heavy atom. The van der Waals surface area contributed by atoms with E-state index in [1.807, 2.05) is 39.0 Å². The zero-order valence-electron chi connectivity index (χ0n) is 17.0. The van der Waals surface area contributed by atoms with Gasteiger partial charge in [-0.2, -0.15) is 0 Å². The summed E-state index contributed by atoms with van der Waals surface area (Å²) in [5.74, 6) is 0.659. The molecule has 0 radical (unpaired) electrons. The van der Waals surface area contributed by atoms with Crippen molar-refractivity contribution in [3.8, 4) is 11.5 Å². The van der Waals surface area contributed by atoms with Gasteiger partial charge in [0.25, 0.3) is 5.79 Å². The molecule has 2 N–H and O–H groups in total. The molecule has 28 heavy (non-hydrogen) atoms. The molecule has 7 heteroatoms. The van der Waals surface area contributed by atoms with Crippen LogP contribution in [-0.2, 0) is 9.59 Å². The lowest BCUT2D eigenvalue weighted by Crippen LogP contribution is -2.42. The second kappa shape index (κ2) is 8.82. The summed E-state index contributed by atoms with van der Waals surface area (Å²) < 4.78 is 12.2. The maximum Gasteiger partial charge on any atom is 0.251 e. The van der Waals surface area contributed by atoms with Crippen LogP contribution in [0.4, 0.5) is 5.69 Å². The van der Waals surface area contributed by atoms with E-state index in [1.54, 1.807) is 4.90 Å². The van der Waals surface area contributed by atoms with Crippen molar-refractivity contribution in [3.63, 3.8) is 0 Å². The molecule has 3 rings (SSSR count). The highest BCUT2D eigenvalue weighted by Crippen LogP contribution is 2.46. The fourth-order valence-corrected chi connectivity index (χ4v) is 3.72. The van der Waals surface area contributed by atoms with Gasteiger partial charge in [0, 0.05) is 30.6 Å². The van der Waals surface area contributed by atoms with Gasteiger partial charge in [-0.25, -0.2) is 0 Å². The number of nitrogens with zero attached hydrogens (tertiary/aromatic N) is 1. The Morgan fingerprint density at radius 3 is 2.43 bits per heavy atom. The Labute approximate surface area is 166 Å². The number of amides is 2. The van der Waals surface area contributed by atoms with E-state index in [2.05, 4.69) is 10.6 Å². The van der Waals surface area contributed by atoms with E-state index in [9.17, 15) is 9.59 Å². The van der Waals surface area contributed by atoms with Gasteiger partial charge in [0.05, 0.1) is 13.1 Å². The van der Waals surface area contributed by atoms with Gasteiger partial charge in [0.15, 0.2) is 11.5 Å². The van der Waals surface area contributed by atoms with Crippen molar-refractivity contribution < 1.29 is 19.1 Å². The molecule has 1 fully saturated rings. The number of likely N-dealkylation sites (N-methyl/N-ethyl adjacent to an activating group) is 1. The first-order valence-electron chi connectivity index (χ1n) is 10.2. The molecule has 7 nitrogen and oxygen atoms in total. The second-order valence-corrected chi connectivity index (χ2v) is 7.91. The largest absolute Gasteiger partial charge is 0.448 e. The summed E-state index contributed by atoms with van der Waals surface area (Å²) in [4.78, 5) is 26.1. The quantitative estimate of drug-likeness (QED) is 0.750. The first kappa shape index (κ1) is 20.5. The summed E-state index contributed by atoms with van der Waals surface area (Å²) in [6, 6.07) is 5.57. The van der Waals surface area contributed by atoms with E-state index < -0.39 is 5.79 Å². The number of hydrogen-bond donors (Lipinski definition) is 2. The topological polar surface area (TPSA) is 79.9 Å². The number of rotatable bonds is 7. The van der Waals surface area contributed by atoms with Crippen molar-refractivity contribution in [1.29, 1.82) is 0 Å². The molecule has 1 heterocycles. The molecule has 1 aliphatic heterocycles. The van der Waals surface area contributed by atoms with Gasteiger partial charge in [-0.05, 0) is 45.4 Å². The summed E-state index contributed by atoms with van der Waals surface area (Å²) in [6.45, 7) is 6.73. The summed E-state index contributed by atoms with van der Waals surface area (Å²) in [6.07, 6.45) is 5.22. The number of nitrogens with one attached hydrogen (secondary N) is 2. The molecule has 0 bridgehead atoms. The van der Waals surface area contributed by atoms with Crippen molar-refractivity contribution >= 4 is 17.5 Å². The fourth-order valence-electron chi connectivity index (χ4n) is 3.72. The van der Waals surface area contributed by atoms with Crippen LogP contribution in [0.25, 0.3) is 0 Å². The Bertz CT molecular complexity index is 714. The van der Waals surface area contributed by atoms with Crippen LogP contribution in [-0.4, -0.2) is 48.2 Å². The minimum atomic E-state index is -0.522. The molecule has 1 aromatic rings. The second-order valence-electron chi connectivity index (χ2n) is 7.91. The van der Waals surface area contributed by atoms with Crippen LogP contribution in [0.2, 0.25) is 0 Å². The molecular formula is C21H31N3O4. The van der Waals surface area contributed by atoms with Gasteiger partial charge in [0.2, 0.25) is 11.8 Å². The minimum absolute atomic E-state index is 0.0782. The number of ether oxygens (including phenoxy) is 2. The molecule has 0 unspecified atom stereocenters. The van der Waals surface area contributed by atoms with E-state index in [0.29, 0.717) is 18.0 Å². The van der Waals surface area contributed by atoms with Gasteiger partial charge in [-0.3, -0.25) is 14.5 Å². The molecule has 1 aromatic carbocycles. The third kappa shape index (κ3) is 5.16. The molecular weight excluding hydrogens is 358 g/mol. The number of anilines is 1. The van der Waals surface area contributed by atoms with Crippen LogP contribution < -0.4 is 20.1 Å². The maximum absolute atomic E-state index is 12.4. The highest BCUT2D eigenvalue weighted by atomic mass is 16.7. The number of carbonyl (C=O) groups is 2. The molecule has 2 amide bonds. The smallest absolute Gasteiger partial charge is 0.251 e. The van der Waals surface area contributed by atoms with Crippen LogP contribution in [0.1, 0.15) is 52.9 Å². The van der Waals surface area contributed by atoms with Gasteiger partial charge in [0.1, 0.15) is 0 Å². The van der Waals surface area contributed by atoms with Crippen LogP contribution in [0.3, 0.4) is 0 Å². The summed E-state index contributed by atoms with van der Waals surface area (Å²) in [7, 11) is 0. The molecule has 1 spiro atoms. The normalized spacial score (nSPS) is 17.2. The van der Waals surface area contributed by atoms with Gasteiger partial charge < -0.3 is 20.1 Å². The van der Waals surface area contributed by atoms with Crippen LogP contribution in [0.15, 0.2) is 18.2 Å². The van der Waals surface area contributed by atoms with E-state index in [0.717, 1.165) is 31.4 Å². The highest BCUT2D eigenvalue weighted by Gasteiger charge is 2.42. The predicted octanol–water partition coefficient (Wildman–Crippen LogP) is 2.90. The number of hydrogen-bond acceptors (Lipinski definition) is 5. The van der Waals surface area contributed by atoms with Crippen LogP contribution in [0, 0.1) is 0 Å². The average molecular weight is 389 g/mol. The van der Waals surface area contributed by atoms with Gasteiger partial charge in [-0.15, -0.1) is 0 Å². The third-order valence-electron chi connectivity index (χ3n) is 5.07. The van der Waals surface area contributed by atoms with E-state index in [4.69, 9.17) is 9.47 Å². The van der Waals surface area contributed by atoms with Crippen molar-refractivity contribution in [2.75, 3.05) is 25.0 Å². The van der Waals surface area contributed by atoms with E-state index in [-0.39, 0.29) is 30.9 Å². The van der Waals surface area contributed by atoms with Gasteiger partial charge in [-0.1, -0.05) is 13.3 Å². The molecule has 1 aliphatic carbocycles. The Balaban J connectivity index is 1.55. The minimum Gasteiger partial charge on any atom is -0.448 e. The maximum atomic E-state index is 12.4. The Hall–Kier alpha value is -2.28. The summed E-state index contributed by atoms with van der Waals surface area (Å²) >= 11 is 0. The standard InChI is InChI=1S/C21H31N3O4/c1-4-24(13-19(25)22-15(2)3)14-20(26)23-16-8-9-17-18(12-16)28-21(27-17)10-6-5-7-11-21/h8-9,12,15H,4-7,10-11,13-14H2,1-3H3,(H,22,25)(H,23,26). The summed E-state index contributed by atoms with van der Waals surface area (Å²) in [5, 5.41) is 5.74. The average Bonchev–Trinajstić information content (AvgIpc) is 2.97. The zero-order valence-corrected chi connectivity index (χ0v) is 17.0. The molecule has 0 saturated heterocycles. The van der Waals surface area contributed by atoms with E-state index >= 15 is 0 Å². The van der Waals surface area contributed by atoms with Crippen LogP contribution in [0.5, 0.6) is 11.5 Å². The fraction of sp³-hybridized carbons (Fsp3) is 0.619. The number of benzene rings is 1. The third-order valence-corrected chi connectivity index (χ3v) is 5.07. The Morgan fingerprint density at radius 1 is 1.07 bits per heavy atom. The lowest BCUT2D eigenvalue weighted by molar-refractivity contribution is -0.123. The number of fused-ring (bicyclic) bond motifs is 1. The lowest BCUT2D eigenvalue weighted by atomic mass is 9.94. The summed E-state index contributed by atoms with van der Waals surface area (Å²) in [5.41, 5.74) is 0.669. The predicted molar refractivity (Wildman–Crippen MR) is 108 cm³/mol. The molecule has 1 saturated carbocycles. The monoisotopic (exact) mass is 389 g/mol. The van der Waals surface area contributed by atoms with Crippen molar-refractivity contribution in [1.82, 2.24) is 10.2 Å². The van der Waals surface area contributed by atoms with Crippen molar-refractivity contribution in [3.05, 3.63) is 18.2 Å². The van der Waals surface area contributed by atoms with Gasteiger partial charge >= 0.3 is 0 Å². The lowest BCUT2D eigenvalue weighted by Gasteiger charge is -2.31. The van der Waals surface area contributed by atoms with Crippen LogP contribution >= 0.6 is 0 Å². The molecule has 0 atom stereocenters. The van der Waals surface area contributed by atoms with Crippen molar-refractivity contribution in [2.24, 2.45) is 0 Å². The number of carbonyl (C=O) groups excluding carboxylic acids is 2. The molecule has 154 valence electrons. The zero-order chi connectivity index (χ0) is 20.1. The van der Waals surface area contributed by atoms with E-state index in [1.165, 1.54) is 6.42 Å². The first-order valence-corrected chi connectivity index (χ1v) is 10.2.